The van der Waals surface area contributed by atoms with E-state index in [4.69, 9.17) is 34.8 Å². The van der Waals surface area contributed by atoms with Crippen LogP contribution in [0.25, 0.3) is 0 Å². The molecule has 0 radical (unpaired) electrons. The summed E-state index contributed by atoms with van der Waals surface area (Å²) in [6.07, 6.45) is 2.20. The molecule has 60 valence electrons. The lowest BCUT2D eigenvalue weighted by molar-refractivity contribution is 0.524. The van der Waals surface area contributed by atoms with Crippen LogP contribution in [0.15, 0.2) is 0 Å². The minimum atomic E-state index is -0.0143. The third kappa shape index (κ3) is 1.82. The molecule has 0 amide bonds. The van der Waals surface area contributed by atoms with Crippen molar-refractivity contribution < 1.29 is 0 Å². The molecule has 1 aliphatic carbocycles. The minimum Gasteiger partial charge on any atom is -0.121 e. The van der Waals surface area contributed by atoms with Crippen molar-refractivity contribution >= 4 is 45.0 Å². The van der Waals surface area contributed by atoms with E-state index < -0.39 is 0 Å². The maximum absolute atomic E-state index is 6.03. The van der Waals surface area contributed by atoms with Gasteiger partial charge >= 0.3 is 0 Å². The van der Waals surface area contributed by atoms with E-state index in [9.17, 15) is 0 Å². The molecule has 10 heavy (non-hydrogen) atoms. The Balaban J connectivity index is 2.52. The first kappa shape index (κ1) is 9.18. The molecule has 4 heteroatoms. The third-order valence-corrected chi connectivity index (χ3v) is 5.83. The summed E-state index contributed by atoms with van der Waals surface area (Å²) in [6, 6.07) is 0. The maximum atomic E-state index is 6.03. The Bertz CT molecular complexity index is 106. The van der Waals surface area contributed by atoms with Crippen LogP contribution >= 0.6 is 34.8 Å². The predicted octanol–water partition coefficient (Wildman–Crippen LogP) is 1.76. The van der Waals surface area contributed by atoms with Crippen molar-refractivity contribution in [3.8, 4) is 0 Å². The van der Waals surface area contributed by atoms with Gasteiger partial charge in [0.1, 0.15) is 0 Å². The SMILES string of the molecule is [SiH3]C1CCC(Cl)C(Cl)C1Cl. The van der Waals surface area contributed by atoms with Crippen LogP contribution in [-0.2, 0) is 0 Å². The number of hydrogen-bond donors (Lipinski definition) is 0. The molecule has 1 fully saturated rings. The summed E-state index contributed by atoms with van der Waals surface area (Å²) in [5.41, 5.74) is 0.652. The smallest absolute Gasteiger partial charge is 0.0662 e. The van der Waals surface area contributed by atoms with Crippen LogP contribution < -0.4 is 0 Å². The first-order valence-electron chi connectivity index (χ1n) is 3.55. The minimum absolute atomic E-state index is 0.0143. The predicted molar refractivity (Wildman–Crippen MR) is 51.8 cm³/mol. The molecule has 1 rings (SSSR count). The molecule has 4 atom stereocenters. The van der Waals surface area contributed by atoms with Crippen LogP contribution in [0.4, 0.5) is 0 Å². The van der Waals surface area contributed by atoms with Crippen molar-refractivity contribution in [2.24, 2.45) is 0 Å². The van der Waals surface area contributed by atoms with Gasteiger partial charge in [0, 0.05) is 10.2 Å². The van der Waals surface area contributed by atoms with Gasteiger partial charge in [-0.2, -0.15) is 0 Å². The average molecular weight is 218 g/mol. The third-order valence-electron chi connectivity index (χ3n) is 2.09. The molecule has 0 bridgehead atoms. The van der Waals surface area contributed by atoms with Gasteiger partial charge in [-0.15, -0.1) is 34.8 Å². The highest BCUT2D eigenvalue weighted by atomic mass is 35.5. The zero-order chi connectivity index (χ0) is 7.72. The van der Waals surface area contributed by atoms with Gasteiger partial charge in [0.25, 0.3) is 0 Å². The molecule has 4 unspecified atom stereocenters. The molecule has 0 heterocycles. The van der Waals surface area contributed by atoms with Crippen molar-refractivity contribution in [2.45, 2.75) is 34.5 Å². The normalized spacial score (nSPS) is 49.5. The fourth-order valence-electron chi connectivity index (χ4n) is 1.25. The van der Waals surface area contributed by atoms with Crippen molar-refractivity contribution in [1.29, 1.82) is 0 Å². The van der Waals surface area contributed by atoms with E-state index in [0.717, 1.165) is 23.1 Å². The molecular weight excluding hydrogens is 207 g/mol. The first-order chi connectivity index (χ1) is 4.63. The van der Waals surface area contributed by atoms with Gasteiger partial charge in [0.05, 0.1) is 16.1 Å². The van der Waals surface area contributed by atoms with Gasteiger partial charge in [-0.05, 0) is 12.0 Å². The quantitative estimate of drug-likeness (QED) is 0.429. The van der Waals surface area contributed by atoms with Crippen LogP contribution in [0.2, 0.25) is 5.54 Å². The van der Waals surface area contributed by atoms with E-state index in [1.807, 2.05) is 0 Å². The van der Waals surface area contributed by atoms with E-state index in [1.54, 1.807) is 0 Å². The van der Waals surface area contributed by atoms with E-state index >= 15 is 0 Å². The lowest BCUT2D eigenvalue weighted by atomic mass is 9.98. The first-order valence-corrected chi connectivity index (χ1v) is 6.01. The summed E-state index contributed by atoms with van der Waals surface area (Å²) >= 11 is 17.9. The summed E-state index contributed by atoms with van der Waals surface area (Å²) < 4.78 is 0. The summed E-state index contributed by atoms with van der Waals surface area (Å²) in [4.78, 5) is 0. The zero-order valence-electron chi connectivity index (χ0n) is 5.86. The maximum Gasteiger partial charge on any atom is 0.0662 e. The number of alkyl halides is 3. The van der Waals surface area contributed by atoms with Gasteiger partial charge in [0.15, 0.2) is 0 Å². The van der Waals surface area contributed by atoms with Gasteiger partial charge < -0.3 is 0 Å². The van der Waals surface area contributed by atoms with Crippen LogP contribution in [0, 0.1) is 0 Å². The van der Waals surface area contributed by atoms with Crippen molar-refractivity contribution in [3.05, 3.63) is 0 Å². The molecule has 1 saturated carbocycles. The molecule has 0 spiro atoms. The molecule has 1 aliphatic rings. The second-order valence-electron chi connectivity index (χ2n) is 2.96. The van der Waals surface area contributed by atoms with E-state index in [1.165, 1.54) is 0 Å². The van der Waals surface area contributed by atoms with E-state index in [-0.39, 0.29) is 16.1 Å². The summed E-state index contributed by atoms with van der Waals surface area (Å²) in [6.45, 7) is 0. The van der Waals surface area contributed by atoms with Gasteiger partial charge in [-0.3, -0.25) is 0 Å². The fraction of sp³-hybridized carbons (Fsp3) is 1.00. The van der Waals surface area contributed by atoms with E-state index in [0.29, 0.717) is 5.54 Å². The molecule has 0 aromatic carbocycles. The van der Waals surface area contributed by atoms with Crippen molar-refractivity contribution in [3.63, 3.8) is 0 Å². The Hall–Kier alpha value is 1.09. The number of rotatable bonds is 0. The molecule has 0 aromatic rings. The van der Waals surface area contributed by atoms with Crippen LogP contribution in [0.1, 0.15) is 12.8 Å². The molecule has 0 aromatic heterocycles. The molecule has 0 aliphatic heterocycles. The Morgan fingerprint density at radius 1 is 1.00 bits per heavy atom. The van der Waals surface area contributed by atoms with Gasteiger partial charge in [-0.25, -0.2) is 0 Å². The van der Waals surface area contributed by atoms with Crippen molar-refractivity contribution in [2.75, 3.05) is 0 Å². The van der Waals surface area contributed by atoms with Crippen LogP contribution in [0.5, 0.6) is 0 Å². The average Bonchev–Trinajstić information content (AvgIpc) is 1.93. The second kappa shape index (κ2) is 3.66. The lowest BCUT2D eigenvalue weighted by Crippen LogP contribution is -2.34. The molecule has 0 nitrogen and oxygen atoms in total. The Kier molecular flexibility index (Phi) is 3.36. The Morgan fingerprint density at radius 3 is 2.10 bits per heavy atom. The second-order valence-corrected chi connectivity index (χ2v) is 6.01. The molecule has 0 saturated heterocycles. The monoisotopic (exact) mass is 216 g/mol. The van der Waals surface area contributed by atoms with E-state index in [2.05, 4.69) is 0 Å². The highest BCUT2D eigenvalue weighted by Gasteiger charge is 2.33. The number of hydrogen-bond acceptors (Lipinski definition) is 0. The highest BCUT2D eigenvalue weighted by molar-refractivity contribution is 6.37. The zero-order valence-corrected chi connectivity index (χ0v) is 10.1. The van der Waals surface area contributed by atoms with Gasteiger partial charge in [-0.1, -0.05) is 6.42 Å². The van der Waals surface area contributed by atoms with Crippen molar-refractivity contribution in [1.82, 2.24) is 0 Å². The Morgan fingerprint density at radius 2 is 1.60 bits per heavy atom. The lowest BCUT2D eigenvalue weighted by Gasteiger charge is -2.31. The largest absolute Gasteiger partial charge is 0.121 e. The summed E-state index contributed by atoms with van der Waals surface area (Å²) in [5.74, 6) is 0. The van der Waals surface area contributed by atoms with Crippen LogP contribution in [0.3, 0.4) is 0 Å². The summed E-state index contributed by atoms with van der Waals surface area (Å²) in [7, 11) is 1.14. The topological polar surface area (TPSA) is 0 Å². The Labute approximate surface area is 79.6 Å². The molecular formula is C6H11Cl3Si. The highest BCUT2D eigenvalue weighted by Crippen LogP contribution is 2.36. The standard InChI is InChI=1S/C6H11Cl3Si/c7-3-1-2-4(10)6(9)5(3)8/h3-6H,1-2H2,10H3. The molecule has 0 N–H and O–H groups in total. The number of halogens is 3. The van der Waals surface area contributed by atoms with Crippen LogP contribution in [-0.4, -0.2) is 26.4 Å². The summed E-state index contributed by atoms with van der Waals surface area (Å²) in [5, 5.41) is 0.193. The van der Waals surface area contributed by atoms with Gasteiger partial charge in [0.2, 0.25) is 0 Å². The fourth-order valence-corrected chi connectivity index (χ4v) is 3.28.